The van der Waals surface area contributed by atoms with Gasteiger partial charge in [-0.2, -0.15) is 0 Å². The Morgan fingerprint density at radius 1 is 1.09 bits per heavy atom. The molecule has 1 unspecified atom stereocenters. The summed E-state index contributed by atoms with van der Waals surface area (Å²) in [5.74, 6) is -0.585. The SMILES string of the molecule is CC(NC(=O)c1ccccc1)C(=O)NCc1ccc(Cl)cc1Cl. The smallest absolute Gasteiger partial charge is 0.251 e. The number of hydrogen-bond donors (Lipinski definition) is 2. The van der Waals surface area contributed by atoms with E-state index in [4.69, 9.17) is 23.2 Å². The van der Waals surface area contributed by atoms with Crippen LogP contribution in [-0.2, 0) is 11.3 Å². The van der Waals surface area contributed by atoms with Crippen molar-refractivity contribution in [3.63, 3.8) is 0 Å². The van der Waals surface area contributed by atoms with Crippen molar-refractivity contribution in [1.82, 2.24) is 10.6 Å². The van der Waals surface area contributed by atoms with Crippen LogP contribution in [0, 0.1) is 0 Å². The lowest BCUT2D eigenvalue weighted by molar-refractivity contribution is -0.122. The van der Waals surface area contributed by atoms with Crippen molar-refractivity contribution in [2.75, 3.05) is 0 Å². The van der Waals surface area contributed by atoms with Gasteiger partial charge in [-0.15, -0.1) is 0 Å². The zero-order valence-corrected chi connectivity index (χ0v) is 14.0. The molecule has 0 saturated heterocycles. The van der Waals surface area contributed by atoms with Crippen LogP contribution in [0.3, 0.4) is 0 Å². The monoisotopic (exact) mass is 350 g/mol. The largest absolute Gasteiger partial charge is 0.350 e. The highest BCUT2D eigenvalue weighted by Crippen LogP contribution is 2.20. The van der Waals surface area contributed by atoms with Crippen LogP contribution in [0.2, 0.25) is 10.0 Å². The van der Waals surface area contributed by atoms with Crippen LogP contribution in [-0.4, -0.2) is 17.9 Å². The lowest BCUT2D eigenvalue weighted by Crippen LogP contribution is -2.44. The van der Waals surface area contributed by atoms with E-state index in [-0.39, 0.29) is 18.4 Å². The summed E-state index contributed by atoms with van der Waals surface area (Å²) < 4.78 is 0. The molecule has 0 saturated carbocycles. The maximum Gasteiger partial charge on any atom is 0.251 e. The van der Waals surface area contributed by atoms with E-state index in [9.17, 15) is 9.59 Å². The predicted octanol–water partition coefficient (Wildman–Crippen LogP) is 3.43. The van der Waals surface area contributed by atoms with Crippen LogP contribution in [0.4, 0.5) is 0 Å². The Bertz CT molecular complexity index is 705. The standard InChI is InChI=1S/C17H16Cl2N2O2/c1-11(21-17(23)12-5-3-2-4-6-12)16(22)20-10-13-7-8-14(18)9-15(13)19/h2-9,11H,10H2,1H3,(H,20,22)(H,21,23). The van der Waals surface area contributed by atoms with Crippen molar-refractivity contribution >= 4 is 35.0 Å². The third-order valence-corrected chi connectivity index (χ3v) is 3.83. The second-order valence-corrected chi connectivity index (χ2v) is 5.86. The summed E-state index contributed by atoms with van der Waals surface area (Å²) in [6.07, 6.45) is 0. The maximum atomic E-state index is 12.1. The quantitative estimate of drug-likeness (QED) is 0.867. The Morgan fingerprint density at radius 3 is 2.43 bits per heavy atom. The van der Waals surface area contributed by atoms with E-state index in [1.807, 2.05) is 6.07 Å². The third-order valence-electron chi connectivity index (χ3n) is 3.25. The van der Waals surface area contributed by atoms with Gasteiger partial charge in [0.2, 0.25) is 5.91 Å². The molecule has 4 nitrogen and oxygen atoms in total. The van der Waals surface area contributed by atoms with Crippen LogP contribution in [0.25, 0.3) is 0 Å². The Balaban J connectivity index is 1.89. The van der Waals surface area contributed by atoms with E-state index in [0.29, 0.717) is 15.6 Å². The van der Waals surface area contributed by atoms with Gasteiger partial charge in [0.25, 0.3) is 5.91 Å². The van der Waals surface area contributed by atoms with Crippen molar-refractivity contribution in [1.29, 1.82) is 0 Å². The molecule has 0 aliphatic rings. The van der Waals surface area contributed by atoms with E-state index in [1.54, 1.807) is 49.4 Å². The topological polar surface area (TPSA) is 58.2 Å². The van der Waals surface area contributed by atoms with E-state index in [2.05, 4.69) is 10.6 Å². The van der Waals surface area contributed by atoms with Crippen molar-refractivity contribution < 1.29 is 9.59 Å². The molecule has 0 radical (unpaired) electrons. The molecule has 2 N–H and O–H groups in total. The molecule has 0 heterocycles. The van der Waals surface area contributed by atoms with Gasteiger partial charge in [-0.25, -0.2) is 0 Å². The number of halogens is 2. The van der Waals surface area contributed by atoms with Gasteiger partial charge in [0.15, 0.2) is 0 Å². The second-order valence-electron chi connectivity index (χ2n) is 5.01. The van der Waals surface area contributed by atoms with Crippen LogP contribution in [0.1, 0.15) is 22.8 Å². The summed E-state index contributed by atoms with van der Waals surface area (Å²) in [6, 6.07) is 13.1. The zero-order valence-electron chi connectivity index (χ0n) is 12.5. The van der Waals surface area contributed by atoms with Gasteiger partial charge in [0, 0.05) is 22.2 Å². The Labute approximate surface area is 144 Å². The molecule has 0 aromatic heterocycles. The molecular weight excluding hydrogens is 335 g/mol. The molecule has 0 spiro atoms. The third kappa shape index (κ3) is 4.98. The molecule has 2 aromatic rings. The van der Waals surface area contributed by atoms with E-state index in [0.717, 1.165) is 5.56 Å². The molecule has 0 aliphatic heterocycles. The molecule has 0 fully saturated rings. The summed E-state index contributed by atoms with van der Waals surface area (Å²) in [4.78, 5) is 24.1. The van der Waals surface area contributed by atoms with Crippen molar-refractivity contribution in [2.45, 2.75) is 19.5 Å². The van der Waals surface area contributed by atoms with Crippen LogP contribution < -0.4 is 10.6 Å². The fourth-order valence-electron chi connectivity index (χ4n) is 1.94. The fraction of sp³-hybridized carbons (Fsp3) is 0.176. The number of nitrogens with one attached hydrogen (secondary N) is 2. The lowest BCUT2D eigenvalue weighted by Gasteiger charge is -2.14. The first-order chi connectivity index (χ1) is 11.0. The van der Waals surface area contributed by atoms with Crippen molar-refractivity contribution in [3.8, 4) is 0 Å². The van der Waals surface area contributed by atoms with Crippen molar-refractivity contribution in [2.24, 2.45) is 0 Å². The first-order valence-corrected chi connectivity index (χ1v) is 7.80. The number of hydrogen-bond acceptors (Lipinski definition) is 2. The van der Waals surface area contributed by atoms with Crippen LogP contribution >= 0.6 is 23.2 Å². The minimum atomic E-state index is -0.659. The Morgan fingerprint density at radius 2 is 1.78 bits per heavy atom. The highest BCUT2D eigenvalue weighted by Gasteiger charge is 2.16. The molecule has 120 valence electrons. The van der Waals surface area contributed by atoms with Crippen LogP contribution in [0.15, 0.2) is 48.5 Å². The number of benzene rings is 2. The van der Waals surface area contributed by atoms with Gasteiger partial charge < -0.3 is 10.6 Å². The van der Waals surface area contributed by atoms with E-state index >= 15 is 0 Å². The predicted molar refractivity (Wildman–Crippen MR) is 91.7 cm³/mol. The van der Waals surface area contributed by atoms with Crippen LogP contribution in [0.5, 0.6) is 0 Å². The molecular formula is C17H16Cl2N2O2. The number of carbonyl (C=O) groups is 2. The van der Waals surface area contributed by atoms with Gasteiger partial charge in [0.1, 0.15) is 6.04 Å². The summed E-state index contributed by atoms with van der Waals surface area (Å²) in [6.45, 7) is 1.89. The number of carbonyl (C=O) groups excluding carboxylic acids is 2. The van der Waals surface area contributed by atoms with Gasteiger partial charge in [-0.3, -0.25) is 9.59 Å². The number of rotatable bonds is 5. The lowest BCUT2D eigenvalue weighted by atomic mass is 10.2. The summed E-state index contributed by atoms with van der Waals surface area (Å²) in [5, 5.41) is 6.41. The van der Waals surface area contributed by atoms with Gasteiger partial charge in [-0.1, -0.05) is 47.5 Å². The summed E-state index contributed by atoms with van der Waals surface area (Å²) >= 11 is 11.9. The molecule has 2 rings (SSSR count). The minimum Gasteiger partial charge on any atom is -0.350 e. The summed E-state index contributed by atoms with van der Waals surface area (Å²) in [7, 11) is 0. The normalized spacial score (nSPS) is 11.6. The summed E-state index contributed by atoms with van der Waals surface area (Å²) in [5.41, 5.74) is 1.26. The molecule has 2 aromatic carbocycles. The van der Waals surface area contributed by atoms with Gasteiger partial charge in [-0.05, 0) is 36.8 Å². The fourth-order valence-corrected chi connectivity index (χ4v) is 2.41. The van der Waals surface area contributed by atoms with E-state index in [1.165, 1.54) is 0 Å². The molecule has 2 amide bonds. The molecule has 1 atom stereocenters. The van der Waals surface area contributed by atoms with Gasteiger partial charge in [0.05, 0.1) is 0 Å². The second kappa shape index (κ2) is 7.99. The number of amides is 2. The minimum absolute atomic E-state index is 0.264. The molecule has 0 aliphatic carbocycles. The average Bonchev–Trinajstić information content (AvgIpc) is 2.54. The maximum absolute atomic E-state index is 12.1. The zero-order chi connectivity index (χ0) is 16.8. The molecule has 23 heavy (non-hydrogen) atoms. The Hall–Kier alpha value is -2.04. The average molecular weight is 351 g/mol. The Kier molecular flexibility index (Phi) is 6.02. The molecule has 6 heteroatoms. The van der Waals surface area contributed by atoms with E-state index < -0.39 is 6.04 Å². The first kappa shape index (κ1) is 17.3. The van der Waals surface area contributed by atoms with Crippen molar-refractivity contribution in [3.05, 3.63) is 69.7 Å². The first-order valence-electron chi connectivity index (χ1n) is 7.05. The van der Waals surface area contributed by atoms with Gasteiger partial charge >= 0.3 is 0 Å². The highest BCUT2D eigenvalue weighted by atomic mass is 35.5. The molecule has 0 bridgehead atoms. The highest BCUT2D eigenvalue weighted by molar-refractivity contribution is 6.35.